The predicted molar refractivity (Wildman–Crippen MR) is 79.3 cm³/mol. The number of nitrogen functional groups attached to an aromatic ring is 1. The van der Waals surface area contributed by atoms with Gasteiger partial charge in [0, 0.05) is 12.6 Å². The van der Waals surface area contributed by atoms with E-state index in [0.717, 1.165) is 23.7 Å². The first kappa shape index (κ1) is 14.6. The van der Waals surface area contributed by atoms with Gasteiger partial charge in [-0.3, -0.25) is 4.79 Å². The molecule has 0 saturated heterocycles. The number of carbonyl (C=O) groups excluding carboxylic acids is 1. The van der Waals surface area contributed by atoms with E-state index in [2.05, 4.69) is 17.1 Å². The number of rotatable bonds is 5. The van der Waals surface area contributed by atoms with Gasteiger partial charge in [0.25, 0.3) is 0 Å². The Balaban J connectivity index is 1.85. The van der Waals surface area contributed by atoms with Crippen molar-refractivity contribution in [3.63, 3.8) is 0 Å². The van der Waals surface area contributed by atoms with Crippen molar-refractivity contribution < 1.29 is 4.79 Å². The van der Waals surface area contributed by atoms with Crippen LogP contribution in [0.2, 0.25) is 0 Å². The third kappa shape index (κ3) is 4.07. The highest BCUT2D eigenvalue weighted by Crippen LogP contribution is 2.26. The highest BCUT2D eigenvalue weighted by Gasteiger charge is 2.24. The van der Waals surface area contributed by atoms with Gasteiger partial charge in [0.1, 0.15) is 0 Å². The highest BCUT2D eigenvalue weighted by molar-refractivity contribution is 8.01. The zero-order valence-electron chi connectivity index (χ0n) is 11.2. The Labute approximate surface area is 122 Å². The van der Waals surface area contributed by atoms with Gasteiger partial charge in [-0.15, -0.1) is 10.2 Å². The molecule has 1 heterocycles. The Bertz CT molecular complexity index is 418. The maximum absolute atomic E-state index is 12.3. The third-order valence-electron chi connectivity index (χ3n) is 3.42. The number of hydrogen-bond donors (Lipinski definition) is 1. The van der Waals surface area contributed by atoms with Crippen LogP contribution in [0.25, 0.3) is 0 Å². The molecule has 1 fully saturated rings. The van der Waals surface area contributed by atoms with E-state index < -0.39 is 0 Å². The molecule has 1 aromatic rings. The summed E-state index contributed by atoms with van der Waals surface area (Å²) < 4.78 is 0.769. The predicted octanol–water partition coefficient (Wildman–Crippen LogP) is 2.39. The first-order valence-corrected chi connectivity index (χ1v) is 8.52. The molecule has 106 valence electrons. The van der Waals surface area contributed by atoms with Crippen molar-refractivity contribution in [1.82, 2.24) is 15.1 Å². The number of thioether (sulfide) groups is 1. The Morgan fingerprint density at radius 1 is 1.42 bits per heavy atom. The lowest BCUT2D eigenvalue weighted by Gasteiger charge is -2.33. The summed E-state index contributed by atoms with van der Waals surface area (Å²) in [5.74, 6) is 0.632. The number of nitrogens with two attached hydrogens (primary N) is 1. The van der Waals surface area contributed by atoms with Crippen molar-refractivity contribution in [2.24, 2.45) is 0 Å². The van der Waals surface area contributed by atoms with Gasteiger partial charge in [-0.1, -0.05) is 42.4 Å². The number of amides is 1. The van der Waals surface area contributed by atoms with Crippen molar-refractivity contribution in [3.8, 4) is 0 Å². The minimum absolute atomic E-state index is 0.202. The van der Waals surface area contributed by atoms with Gasteiger partial charge in [0.15, 0.2) is 4.34 Å². The van der Waals surface area contributed by atoms with Crippen LogP contribution in [0.3, 0.4) is 0 Å². The molecular formula is C12H20N4OS2. The quantitative estimate of drug-likeness (QED) is 0.845. The van der Waals surface area contributed by atoms with Crippen LogP contribution in [0, 0.1) is 0 Å². The molecule has 5 nitrogen and oxygen atoms in total. The molecule has 1 aliphatic rings. The number of carbonyl (C=O) groups is 1. The Kier molecular flexibility index (Phi) is 5.45. The second-order valence-electron chi connectivity index (χ2n) is 4.67. The van der Waals surface area contributed by atoms with E-state index in [4.69, 9.17) is 5.73 Å². The number of anilines is 1. The van der Waals surface area contributed by atoms with Gasteiger partial charge in [-0.05, 0) is 19.8 Å². The van der Waals surface area contributed by atoms with E-state index >= 15 is 0 Å². The molecule has 2 N–H and O–H groups in total. The molecule has 19 heavy (non-hydrogen) atoms. The Hall–Kier alpha value is -0.820. The molecule has 1 amide bonds. The summed E-state index contributed by atoms with van der Waals surface area (Å²) in [5.41, 5.74) is 5.52. The van der Waals surface area contributed by atoms with Crippen LogP contribution in [0.1, 0.15) is 39.0 Å². The second kappa shape index (κ2) is 7.09. The van der Waals surface area contributed by atoms with E-state index in [1.54, 1.807) is 0 Å². The first-order valence-electron chi connectivity index (χ1n) is 6.72. The number of hydrogen-bond acceptors (Lipinski definition) is 6. The van der Waals surface area contributed by atoms with Gasteiger partial charge in [0.2, 0.25) is 11.0 Å². The summed E-state index contributed by atoms with van der Waals surface area (Å²) in [4.78, 5) is 14.3. The molecule has 1 aliphatic carbocycles. The molecule has 0 atom stereocenters. The lowest BCUT2D eigenvalue weighted by Crippen LogP contribution is -2.42. The van der Waals surface area contributed by atoms with Crippen LogP contribution in [0.5, 0.6) is 0 Å². The summed E-state index contributed by atoms with van der Waals surface area (Å²) >= 11 is 2.76. The summed E-state index contributed by atoms with van der Waals surface area (Å²) in [5, 5.41) is 8.12. The van der Waals surface area contributed by atoms with Crippen LogP contribution in [0.15, 0.2) is 4.34 Å². The molecule has 7 heteroatoms. The van der Waals surface area contributed by atoms with Crippen LogP contribution in [-0.2, 0) is 4.79 Å². The van der Waals surface area contributed by atoms with Gasteiger partial charge < -0.3 is 10.6 Å². The Morgan fingerprint density at radius 3 is 2.74 bits per heavy atom. The highest BCUT2D eigenvalue weighted by atomic mass is 32.2. The summed E-state index contributed by atoms with van der Waals surface area (Å²) in [7, 11) is 0. The Morgan fingerprint density at radius 2 is 2.16 bits per heavy atom. The number of aromatic nitrogens is 2. The summed E-state index contributed by atoms with van der Waals surface area (Å²) in [6.07, 6.45) is 6.09. The lowest BCUT2D eigenvalue weighted by atomic mass is 9.94. The van der Waals surface area contributed by atoms with Gasteiger partial charge in [-0.2, -0.15) is 0 Å². The average molecular weight is 300 g/mol. The van der Waals surface area contributed by atoms with E-state index in [9.17, 15) is 4.79 Å². The van der Waals surface area contributed by atoms with E-state index in [-0.39, 0.29) is 5.91 Å². The van der Waals surface area contributed by atoms with Crippen molar-refractivity contribution in [3.05, 3.63) is 0 Å². The van der Waals surface area contributed by atoms with Gasteiger partial charge in [0.05, 0.1) is 5.75 Å². The summed E-state index contributed by atoms with van der Waals surface area (Å²) in [6, 6.07) is 0.436. The summed E-state index contributed by atoms with van der Waals surface area (Å²) in [6.45, 7) is 2.85. The third-order valence-corrected chi connectivity index (χ3v) is 5.29. The average Bonchev–Trinajstić information content (AvgIpc) is 2.84. The molecule has 1 saturated carbocycles. The van der Waals surface area contributed by atoms with Crippen molar-refractivity contribution in [1.29, 1.82) is 0 Å². The normalized spacial score (nSPS) is 16.5. The molecule has 0 radical (unpaired) electrons. The first-order chi connectivity index (χ1) is 9.20. The molecule has 0 bridgehead atoms. The maximum Gasteiger partial charge on any atom is 0.233 e. The SMILES string of the molecule is CCN(C(=O)CSc1nnc(N)s1)C1CCCCC1. The van der Waals surface area contributed by atoms with Crippen LogP contribution in [-0.4, -0.2) is 39.3 Å². The number of nitrogens with zero attached hydrogens (tertiary/aromatic N) is 3. The minimum Gasteiger partial charge on any atom is -0.374 e. The zero-order valence-corrected chi connectivity index (χ0v) is 12.8. The van der Waals surface area contributed by atoms with Gasteiger partial charge >= 0.3 is 0 Å². The van der Waals surface area contributed by atoms with Crippen molar-refractivity contribution in [2.45, 2.75) is 49.4 Å². The van der Waals surface area contributed by atoms with Crippen LogP contribution < -0.4 is 5.73 Å². The zero-order chi connectivity index (χ0) is 13.7. The molecule has 2 rings (SSSR count). The fourth-order valence-corrected chi connectivity index (χ4v) is 4.04. The van der Waals surface area contributed by atoms with Crippen LogP contribution >= 0.6 is 23.1 Å². The minimum atomic E-state index is 0.202. The molecule has 0 aromatic carbocycles. The fourth-order valence-electron chi connectivity index (χ4n) is 2.52. The lowest BCUT2D eigenvalue weighted by molar-refractivity contribution is -0.131. The molecule has 0 unspecified atom stereocenters. The molecule has 0 spiro atoms. The van der Waals surface area contributed by atoms with Crippen molar-refractivity contribution >= 4 is 34.1 Å². The molecule has 0 aliphatic heterocycles. The smallest absolute Gasteiger partial charge is 0.233 e. The molecule has 1 aromatic heterocycles. The fraction of sp³-hybridized carbons (Fsp3) is 0.750. The van der Waals surface area contributed by atoms with E-state index in [1.807, 2.05) is 4.90 Å². The largest absolute Gasteiger partial charge is 0.374 e. The van der Waals surface area contributed by atoms with Crippen LogP contribution in [0.4, 0.5) is 5.13 Å². The van der Waals surface area contributed by atoms with Gasteiger partial charge in [-0.25, -0.2) is 0 Å². The topological polar surface area (TPSA) is 72.1 Å². The second-order valence-corrected chi connectivity index (χ2v) is 6.90. The van der Waals surface area contributed by atoms with Crippen molar-refractivity contribution in [2.75, 3.05) is 18.0 Å². The standard InChI is InChI=1S/C12H20N4OS2/c1-2-16(9-6-4-3-5-7-9)10(17)8-18-12-15-14-11(13)19-12/h9H,2-8H2,1H3,(H2,13,14). The monoisotopic (exact) mass is 300 g/mol. The van der Waals surface area contributed by atoms with E-state index in [1.165, 1.54) is 42.4 Å². The van der Waals surface area contributed by atoms with E-state index in [0.29, 0.717) is 16.9 Å². The maximum atomic E-state index is 12.3. The molecular weight excluding hydrogens is 280 g/mol.